The molecule has 0 fully saturated rings. The molecule has 0 saturated carbocycles. The number of amides is 1. The van der Waals surface area contributed by atoms with Gasteiger partial charge in [0.05, 0.1) is 6.54 Å². The Morgan fingerprint density at radius 3 is 2.52 bits per heavy atom. The van der Waals surface area contributed by atoms with Crippen molar-refractivity contribution in [3.8, 4) is 5.75 Å². The summed E-state index contributed by atoms with van der Waals surface area (Å²) in [5.41, 5.74) is 1.03. The lowest BCUT2D eigenvalue weighted by molar-refractivity contribution is -0.123. The van der Waals surface area contributed by atoms with Gasteiger partial charge in [-0.05, 0) is 30.0 Å². The molecular weight excluding hydrogens is 322 g/mol. The van der Waals surface area contributed by atoms with E-state index in [-0.39, 0.29) is 30.0 Å². The van der Waals surface area contributed by atoms with E-state index in [2.05, 4.69) is 26.1 Å². The highest BCUT2D eigenvalue weighted by Gasteiger charge is 2.19. The number of benzene rings is 1. The molecule has 0 radical (unpaired) electrons. The number of carbonyl (C=O) groups excluding carboxylic acids is 1. The highest BCUT2D eigenvalue weighted by molar-refractivity contribution is 5.88. The standard InChI is InChI=1S/C19H23NO5/c1-12-14(18(22)23)9-13(25-12)10-20-17(21)11-24-16-8-6-5-7-15(16)19(2,3)4/h5-9H,10-11H2,1-4H3,(H,20,21)(H,22,23). The molecular formula is C19H23NO5. The molecule has 25 heavy (non-hydrogen) atoms. The van der Waals surface area contributed by atoms with Gasteiger partial charge in [-0.15, -0.1) is 0 Å². The molecule has 2 N–H and O–H groups in total. The van der Waals surface area contributed by atoms with E-state index >= 15 is 0 Å². The predicted octanol–water partition coefficient (Wildman–Crippen LogP) is 3.28. The third-order valence-corrected chi connectivity index (χ3v) is 3.71. The predicted molar refractivity (Wildman–Crippen MR) is 92.9 cm³/mol. The number of ether oxygens (including phenoxy) is 1. The largest absolute Gasteiger partial charge is 0.483 e. The normalized spacial score (nSPS) is 11.2. The molecule has 6 heteroatoms. The summed E-state index contributed by atoms with van der Waals surface area (Å²) in [7, 11) is 0. The SMILES string of the molecule is Cc1oc(CNC(=O)COc2ccccc2C(C)(C)C)cc1C(=O)O. The van der Waals surface area contributed by atoms with E-state index in [1.54, 1.807) is 6.92 Å². The number of furan rings is 1. The molecule has 2 aromatic rings. The van der Waals surface area contributed by atoms with Crippen molar-refractivity contribution in [2.75, 3.05) is 6.61 Å². The van der Waals surface area contributed by atoms with Crippen LogP contribution in [0.2, 0.25) is 0 Å². The fourth-order valence-electron chi connectivity index (χ4n) is 2.44. The van der Waals surface area contributed by atoms with Crippen molar-refractivity contribution >= 4 is 11.9 Å². The van der Waals surface area contributed by atoms with Gasteiger partial charge in [0.15, 0.2) is 6.61 Å². The first-order chi connectivity index (χ1) is 11.7. The van der Waals surface area contributed by atoms with Crippen molar-refractivity contribution < 1.29 is 23.8 Å². The quantitative estimate of drug-likeness (QED) is 0.839. The maximum atomic E-state index is 12.0. The average molecular weight is 345 g/mol. The van der Waals surface area contributed by atoms with Gasteiger partial charge in [0.25, 0.3) is 5.91 Å². The maximum Gasteiger partial charge on any atom is 0.339 e. The Morgan fingerprint density at radius 1 is 1.24 bits per heavy atom. The van der Waals surface area contributed by atoms with Gasteiger partial charge >= 0.3 is 5.97 Å². The third kappa shape index (κ3) is 4.86. The summed E-state index contributed by atoms with van der Waals surface area (Å²) in [4.78, 5) is 23.0. The average Bonchev–Trinajstić information content (AvgIpc) is 2.91. The summed E-state index contributed by atoms with van der Waals surface area (Å²) in [5, 5.41) is 11.6. The van der Waals surface area contributed by atoms with E-state index in [9.17, 15) is 9.59 Å². The van der Waals surface area contributed by atoms with Gasteiger partial charge in [0, 0.05) is 0 Å². The zero-order valence-corrected chi connectivity index (χ0v) is 14.9. The van der Waals surface area contributed by atoms with Crippen molar-refractivity contribution in [2.24, 2.45) is 0 Å². The molecule has 0 saturated heterocycles. The van der Waals surface area contributed by atoms with Crippen LogP contribution in [0.25, 0.3) is 0 Å². The van der Waals surface area contributed by atoms with Gasteiger partial charge in [-0.2, -0.15) is 0 Å². The van der Waals surface area contributed by atoms with Crippen molar-refractivity contribution in [1.82, 2.24) is 5.32 Å². The molecule has 134 valence electrons. The van der Waals surface area contributed by atoms with Gasteiger partial charge in [-0.3, -0.25) is 4.79 Å². The number of nitrogens with one attached hydrogen (secondary N) is 1. The summed E-state index contributed by atoms with van der Waals surface area (Å²) < 4.78 is 11.0. The molecule has 2 rings (SSSR count). The second kappa shape index (κ2) is 7.42. The molecule has 0 aliphatic rings. The van der Waals surface area contributed by atoms with E-state index in [1.165, 1.54) is 6.07 Å². The molecule has 0 unspecified atom stereocenters. The van der Waals surface area contributed by atoms with Gasteiger partial charge < -0.3 is 19.6 Å². The van der Waals surface area contributed by atoms with Crippen LogP contribution in [-0.4, -0.2) is 23.6 Å². The molecule has 0 atom stereocenters. The highest BCUT2D eigenvalue weighted by atomic mass is 16.5. The number of aryl methyl sites for hydroxylation is 1. The number of rotatable bonds is 6. The smallest absolute Gasteiger partial charge is 0.339 e. The molecule has 1 aromatic carbocycles. The Hall–Kier alpha value is -2.76. The summed E-state index contributed by atoms with van der Waals surface area (Å²) in [6.45, 7) is 7.79. The van der Waals surface area contributed by atoms with Gasteiger partial charge in [0.2, 0.25) is 0 Å². The summed E-state index contributed by atoms with van der Waals surface area (Å²) in [6, 6.07) is 9.03. The highest BCUT2D eigenvalue weighted by Crippen LogP contribution is 2.30. The first-order valence-electron chi connectivity index (χ1n) is 8.00. The minimum absolute atomic E-state index is 0.0913. The minimum Gasteiger partial charge on any atom is -0.483 e. The summed E-state index contributed by atoms with van der Waals surface area (Å²) >= 11 is 0. The number of carboxylic acid groups (broad SMARTS) is 1. The molecule has 1 aromatic heterocycles. The third-order valence-electron chi connectivity index (χ3n) is 3.71. The molecule has 0 aliphatic heterocycles. The number of para-hydroxylation sites is 1. The summed E-state index contributed by atoms with van der Waals surface area (Å²) in [5.74, 6) is 0.00758. The first kappa shape index (κ1) is 18.6. The first-order valence-corrected chi connectivity index (χ1v) is 8.00. The fourth-order valence-corrected chi connectivity index (χ4v) is 2.44. The lowest BCUT2D eigenvalue weighted by atomic mass is 9.86. The van der Waals surface area contributed by atoms with Crippen molar-refractivity contribution in [3.05, 3.63) is 53.0 Å². The van der Waals surface area contributed by atoms with E-state index in [0.717, 1.165) is 5.56 Å². The van der Waals surface area contributed by atoms with E-state index < -0.39 is 5.97 Å². The molecule has 0 bridgehead atoms. The van der Waals surface area contributed by atoms with Crippen molar-refractivity contribution in [2.45, 2.75) is 39.7 Å². The van der Waals surface area contributed by atoms with Crippen LogP contribution in [0.3, 0.4) is 0 Å². The van der Waals surface area contributed by atoms with Crippen LogP contribution in [0.15, 0.2) is 34.7 Å². The Kier molecular flexibility index (Phi) is 5.51. The molecule has 0 aliphatic carbocycles. The van der Waals surface area contributed by atoms with E-state index in [0.29, 0.717) is 17.3 Å². The van der Waals surface area contributed by atoms with Crippen LogP contribution in [0.4, 0.5) is 0 Å². The Labute approximate surface area is 146 Å². The monoisotopic (exact) mass is 345 g/mol. The second-order valence-corrected chi connectivity index (χ2v) is 6.80. The van der Waals surface area contributed by atoms with Gasteiger partial charge in [0.1, 0.15) is 22.8 Å². The Balaban J connectivity index is 1.92. The Morgan fingerprint density at radius 2 is 1.92 bits per heavy atom. The lowest BCUT2D eigenvalue weighted by Gasteiger charge is -2.22. The maximum absolute atomic E-state index is 12.0. The molecule has 6 nitrogen and oxygen atoms in total. The number of carboxylic acids is 1. The number of carbonyl (C=O) groups is 2. The number of hydrogen-bond acceptors (Lipinski definition) is 4. The van der Waals surface area contributed by atoms with E-state index in [4.69, 9.17) is 14.3 Å². The molecule has 1 heterocycles. The second-order valence-electron chi connectivity index (χ2n) is 6.80. The van der Waals surface area contributed by atoms with Crippen LogP contribution < -0.4 is 10.1 Å². The van der Waals surface area contributed by atoms with Crippen LogP contribution in [0, 0.1) is 6.92 Å². The zero-order chi connectivity index (χ0) is 18.6. The Bertz CT molecular complexity index is 770. The van der Waals surface area contributed by atoms with Crippen molar-refractivity contribution in [3.63, 3.8) is 0 Å². The van der Waals surface area contributed by atoms with Crippen molar-refractivity contribution in [1.29, 1.82) is 0 Å². The number of hydrogen-bond donors (Lipinski definition) is 2. The van der Waals surface area contributed by atoms with Crippen LogP contribution in [0.5, 0.6) is 5.75 Å². The fraction of sp³-hybridized carbons (Fsp3) is 0.368. The minimum atomic E-state index is -1.05. The molecule has 0 spiro atoms. The summed E-state index contributed by atoms with van der Waals surface area (Å²) in [6.07, 6.45) is 0. The number of aromatic carboxylic acids is 1. The van der Waals surface area contributed by atoms with Crippen LogP contribution in [-0.2, 0) is 16.8 Å². The van der Waals surface area contributed by atoms with Gasteiger partial charge in [-0.1, -0.05) is 39.0 Å². The zero-order valence-electron chi connectivity index (χ0n) is 14.9. The van der Waals surface area contributed by atoms with Crippen LogP contribution >= 0.6 is 0 Å². The topological polar surface area (TPSA) is 88.8 Å². The van der Waals surface area contributed by atoms with Gasteiger partial charge in [-0.25, -0.2) is 4.79 Å². The lowest BCUT2D eigenvalue weighted by Crippen LogP contribution is -2.28. The van der Waals surface area contributed by atoms with Crippen LogP contribution in [0.1, 0.15) is 48.2 Å². The molecule has 1 amide bonds. The van der Waals surface area contributed by atoms with E-state index in [1.807, 2.05) is 24.3 Å².